The highest BCUT2D eigenvalue weighted by atomic mass is 32.1. The number of anilines is 2. The van der Waals surface area contributed by atoms with E-state index in [0.29, 0.717) is 44.3 Å². The van der Waals surface area contributed by atoms with Crippen molar-refractivity contribution in [3.63, 3.8) is 0 Å². The Hall–Kier alpha value is -2.98. The molecular weight excluding hydrogens is 532 g/mol. The van der Waals surface area contributed by atoms with Gasteiger partial charge in [0.15, 0.2) is 5.82 Å². The number of nitrogens with zero attached hydrogens (tertiary/aromatic N) is 4. The molecule has 3 aromatic rings. The van der Waals surface area contributed by atoms with E-state index >= 15 is 0 Å². The Kier molecular flexibility index (Phi) is 6.78. The number of thiophene rings is 1. The minimum atomic E-state index is -2.58. The molecule has 2 aromatic heterocycles. The number of urea groups is 1. The lowest BCUT2D eigenvalue weighted by Gasteiger charge is -2.33. The summed E-state index contributed by atoms with van der Waals surface area (Å²) in [7, 11) is 1.65. The number of halogens is 2. The molecule has 1 saturated heterocycles. The topological polar surface area (TPSA) is 62.6 Å². The molecule has 7 rings (SSSR count). The van der Waals surface area contributed by atoms with Gasteiger partial charge in [-0.05, 0) is 74.3 Å². The third kappa shape index (κ3) is 4.59. The highest BCUT2D eigenvalue weighted by Gasteiger charge is 2.35. The molecule has 3 aliphatic heterocycles. The van der Waals surface area contributed by atoms with E-state index < -0.39 is 6.43 Å². The van der Waals surface area contributed by atoms with E-state index in [9.17, 15) is 13.6 Å². The van der Waals surface area contributed by atoms with Crippen molar-refractivity contribution in [2.75, 3.05) is 38.3 Å². The molecule has 0 atom stereocenters. The summed E-state index contributed by atoms with van der Waals surface area (Å²) < 4.78 is 37.0. The molecule has 5 heterocycles. The van der Waals surface area contributed by atoms with E-state index in [0.717, 1.165) is 65.3 Å². The number of hydrogen-bond donors (Lipinski definition) is 1. The molecule has 212 valence electrons. The summed E-state index contributed by atoms with van der Waals surface area (Å²) in [6.07, 6.45) is 4.08. The van der Waals surface area contributed by atoms with Crippen LogP contribution in [-0.4, -0.2) is 54.1 Å². The lowest BCUT2D eigenvalue weighted by Crippen LogP contribution is -2.42. The molecule has 2 amide bonds. The third-order valence-corrected chi connectivity index (χ3v) is 10.1. The maximum atomic E-state index is 14.6. The van der Waals surface area contributed by atoms with Crippen molar-refractivity contribution < 1.29 is 18.3 Å². The highest BCUT2D eigenvalue weighted by molar-refractivity contribution is 7.15. The second-order valence-corrected chi connectivity index (χ2v) is 12.5. The van der Waals surface area contributed by atoms with Crippen molar-refractivity contribution in [3.8, 4) is 10.4 Å². The van der Waals surface area contributed by atoms with Gasteiger partial charge >= 0.3 is 6.03 Å². The standard InChI is InChI=1S/C30H35F2N5O2S/c1-33-30(38)35-12-8-24-23(17-35)29(34-37(24)20-9-13-39-14-10-20)36-11-2-3-19-15-21(22(28(31)32)16-25(19)36)27-7-6-26(40-27)18-4-5-18/h6-7,15-16,18,20,28H,2-5,8-14,17H2,1H3,(H,33,38). The van der Waals surface area contributed by atoms with Gasteiger partial charge in [0.25, 0.3) is 6.43 Å². The summed E-state index contributed by atoms with van der Waals surface area (Å²) in [5, 5.41) is 7.94. The van der Waals surface area contributed by atoms with E-state index in [1.165, 1.54) is 17.7 Å². The summed E-state index contributed by atoms with van der Waals surface area (Å²) >= 11 is 1.66. The average molecular weight is 568 g/mol. The van der Waals surface area contributed by atoms with Gasteiger partial charge in [0.1, 0.15) is 0 Å². The Bertz CT molecular complexity index is 1430. The number of aromatic nitrogens is 2. The molecule has 4 aliphatic rings. The van der Waals surface area contributed by atoms with Crippen molar-refractivity contribution in [1.82, 2.24) is 20.0 Å². The molecule has 1 N–H and O–H groups in total. The molecule has 0 spiro atoms. The quantitative estimate of drug-likeness (QED) is 0.379. The Morgan fingerprint density at radius 1 is 1.12 bits per heavy atom. The number of nitrogens with one attached hydrogen (secondary N) is 1. The minimum Gasteiger partial charge on any atom is -0.381 e. The summed E-state index contributed by atoms with van der Waals surface area (Å²) in [6.45, 7) is 3.20. The fourth-order valence-corrected chi connectivity index (χ4v) is 7.77. The van der Waals surface area contributed by atoms with Crippen LogP contribution in [0.5, 0.6) is 0 Å². The van der Waals surface area contributed by atoms with Gasteiger partial charge in [-0.3, -0.25) is 4.68 Å². The second-order valence-electron chi connectivity index (χ2n) is 11.4. The van der Waals surface area contributed by atoms with Gasteiger partial charge in [-0.2, -0.15) is 5.10 Å². The Morgan fingerprint density at radius 2 is 1.95 bits per heavy atom. The Balaban J connectivity index is 1.31. The summed E-state index contributed by atoms with van der Waals surface area (Å²) in [4.78, 5) is 18.8. The van der Waals surface area contributed by atoms with Gasteiger partial charge in [0, 0.05) is 77.6 Å². The summed E-state index contributed by atoms with van der Waals surface area (Å²) in [5.41, 5.74) is 4.84. The lowest BCUT2D eigenvalue weighted by molar-refractivity contribution is 0.0651. The van der Waals surface area contributed by atoms with Gasteiger partial charge in [0.2, 0.25) is 0 Å². The predicted octanol–water partition coefficient (Wildman–Crippen LogP) is 6.56. The number of alkyl halides is 2. The van der Waals surface area contributed by atoms with Crippen LogP contribution in [0.15, 0.2) is 24.3 Å². The number of rotatable bonds is 5. The molecule has 0 unspecified atom stereocenters. The van der Waals surface area contributed by atoms with Crippen LogP contribution in [0.3, 0.4) is 0 Å². The zero-order chi connectivity index (χ0) is 27.4. The van der Waals surface area contributed by atoms with Crippen LogP contribution in [0.25, 0.3) is 10.4 Å². The SMILES string of the molecule is CNC(=O)N1CCc2c(c(N3CCCc4cc(-c5ccc(C6CC6)s5)c(C(F)F)cc43)nn2C2CCOCC2)C1. The van der Waals surface area contributed by atoms with Crippen molar-refractivity contribution in [1.29, 1.82) is 0 Å². The highest BCUT2D eigenvalue weighted by Crippen LogP contribution is 2.48. The molecule has 1 aromatic carbocycles. The first-order valence-corrected chi connectivity index (χ1v) is 15.3. The van der Waals surface area contributed by atoms with Crippen molar-refractivity contribution in [3.05, 3.63) is 51.5 Å². The normalized spacial score (nSPS) is 19.6. The molecular formula is C30H35F2N5O2S. The number of carbonyl (C=O) groups excluding carboxylic acids is 1. The van der Waals surface area contributed by atoms with Crippen LogP contribution in [0.1, 0.15) is 77.8 Å². The van der Waals surface area contributed by atoms with E-state index in [1.807, 2.05) is 17.0 Å². The summed E-state index contributed by atoms with van der Waals surface area (Å²) in [6, 6.07) is 7.98. The smallest absolute Gasteiger partial charge is 0.317 e. The third-order valence-electron chi connectivity index (χ3n) is 8.83. The van der Waals surface area contributed by atoms with Crippen LogP contribution < -0.4 is 10.2 Å². The number of benzene rings is 1. The number of carbonyl (C=O) groups is 1. The van der Waals surface area contributed by atoms with Crippen molar-refractivity contribution >= 4 is 28.9 Å². The second kappa shape index (κ2) is 10.4. The molecule has 1 saturated carbocycles. The van der Waals surface area contributed by atoms with Gasteiger partial charge in [-0.25, -0.2) is 13.6 Å². The van der Waals surface area contributed by atoms with E-state index in [1.54, 1.807) is 24.5 Å². The largest absolute Gasteiger partial charge is 0.381 e. The van der Waals surface area contributed by atoms with Gasteiger partial charge < -0.3 is 19.9 Å². The molecule has 0 radical (unpaired) electrons. The van der Waals surface area contributed by atoms with Gasteiger partial charge in [-0.15, -0.1) is 11.3 Å². The van der Waals surface area contributed by atoms with Crippen LogP contribution >= 0.6 is 11.3 Å². The van der Waals surface area contributed by atoms with Gasteiger partial charge in [0.05, 0.1) is 12.6 Å². The fraction of sp³-hybridized carbons (Fsp3) is 0.533. The molecule has 1 aliphatic carbocycles. The zero-order valence-corrected chi connectivity index (χ0v) is 23.6. The lowest BCUT2D eigenvalue weighted by atomic mass is 9.94. The first kappa shape index (κ1) is 26.0. The number of fused-ring (bicyclic) bond motifs is 2. The maximum Gasteiger partial charge on any atom is 0.317 e. The monoisotopic (exact) mass is 567 g/mol. The van der Waals surface area contributed by atoms with Crippen LogP contribution in [-0.2, 0) is 24.1 Å². The summed E-state index contributed by atoms with van der Waals surface area (Å²) in [5.74, 6) is 1.41. The van der Waals surface area contributed by atoms with E-state index in [4.69, 9.17) is 9.84 Å². The molecule has 10 heteroatoms. The maximum absolute atomic E-state index is 14.6. The average Bonchev–Trinajstić information content (AvgIpc) is 3.60. The van der Waals surface area contributed by atoms with Crippen LogP contribution in [0.4, 0.5) is 25.1 Å². The number of ether oxygens (including phenoxy) is 1. The number of aryl methyl sites for hydroxylation is 1. The van der Waals surface area contributed by atoms with Gasteiger partial charge in [-0.1, -0.05) is 0 Å². The zero-order valence-electron chi connectivity index (χ0n) is 22.8. The number of amides is 2. The Morgan fingerprint density at radius 3 is 2.70 bits per heavy atom. The molecule has 7 nitrogen and oxygen atoms in total. The first-order valence-electron chi connectivity index (χ1n) is 14.5. The van der Waals surface area contributed by atoms with Crippen LogP contribution in [0.2, 0.25) is 0 Å². The predicted molar refractivity (Wildman–Crippen MR) is 152 cm³/mol. The number of hydrogen-bond acceptors (Lipinski definition) is 5. The van der Waals surface area contributed by atoms with Crippen LogP contribution in [0, 0.1) is 0 Å². The first-order chi connectivity index (χ1) is 19.5. The van der Waals surface area contributed by atoms with Crippen molar-refractivity contribution in [2.24, 2.45) is 0 Å². The fourth-order valence-electron chi connectivity index (χ4n) is 6.56. The minimum absolute atomic E-state index is 0.0829. The molecule has 40 heavy (non-hydrogen) atoms. The molecule has 2 fully saturated rings. The van der Waals surface area contributed by atoms with E-state index in [2.05, 4.69) is 21.0 Å². The molecule has 0 bridgehead atoms. The van der Waals surface area contributed by atoms with Crippen molar-refractivity contribution in [2.45, 2.75) is 69.9 Å². The van der Waals surface area contributed by atoms with E-state index in [-0.39, 0.29) is 17.6 Å². The Labute approximate surface area is 237 Å².